The number of hydrogen-bond donors (Lipinski definition) is 1. The van der Waals surface area contributed by atoms with Crippen molar-refractivity contribution < 1.29 is 4.79 Å². The summed E-state index contributed by atoms with van der Waals surface area (Å²) in [6.45, 7) is 2.04. The number of halogens is 1. The summed E-state index contributed by atoms with van der Waals surface area (Å²) in [5.41, 5.74) is 2.49. The topological polar surface area (TPSA) is 62.5 Å². The predicted octanol–water partition coefficient (Wildman–Crippen LogP) is 4.27. The summed E-state index contributed by atoms with van der Waals surface area (Å²) >= 11 is 7.97. The van der Waals surface area contributed by atoms with Gasteiger partial charge in [-0.15, -0.1) is 11.8 Å². The lowest BCUT2D eigenvalue weighted by Gasteiger charge is -2.37. The number of fused-ring (bicyclic) bond motifs is 2. The smallest absolute Gasteiger partial charge is 0.241 e. The largest absolute Gasteiger partial charge is 0.362 e. The van der Waals surface area contributed by atoms with Gasteiger partial charge in [-0.3, -0.25) is 9.69 Å². The van der Waals surface area contributed by atoms with E-state index >= 15 is 0 Å². The zero-order chi connectivity index (χ0) is 20.0. The summed E-state index contributed by atoms with van der Waals surface area (Å²) in [6, 6.07) is 13.3. The van der Waals surface area contributed by atoms with Crippen molar-refractivity contribution in [3.8, 4) is 0 Å². The van der Waals surface area contributed by atoms with E-state index in [0.717, 1.165) is 22.8 Å². The van der Waals surface area contributed by atoms with Crippen LogP contribution in [0.2, 0.25) is 0 Å². The van der Waals surface area contributed by atoms with E-state index in [0.29, 0.717) is 5.03 Å². The molecule has 2 aliphatic rings. The third kappa shape index (κ3) is 3.10. The molecule has 0 fully saturated rings. The summed E-state index contributed by atoms with van der Waals surface area (Å²) in [4.78, 5) is 19.5. The van der Waals surface area contributed by atoms with Crippen LogP contribution in [0, 0.1) is 5.92 Å². The molecule has 2 aromatic heterocycles. The summed E-state index contributed by atoms with van der Waals surface area (Å²) < 4.78 is 1.75. The molecular formula is C21H18ClN5OS. The lowest BCUT2D eigenvalue weighted by molar-refractivity contribution is -0.120. The number of aromatic nitrogens is 3. The maximum Gasteiger partial charge on any atom is 0.241 e. The van der Waals surface area contributed by atoms with Crippen molar-refractivity contribution in [1.82, 2.24) is 14.6 Å². The van der Waals surface area contributed by atoms with Crippen LogP contribution in [-0.4, -0.2) is 31.8 Å². The first-order valence-electron chi connectivity index (χ1n) is 9.30. The van der Waals surface area contributed by atoms with Gasteiger partial charge < -0.3 is 5.32 Å². The molecule has 2 unspecified atom stereocenters. The van der Waals surface area contributed by atoms with E-state index < -0.39 is 0 Å². The van der Waals surface area contributed by atoms with Crippen LogP contribution in [-0.2, 0) is 4.79 Å². The van der Waals surface area contributed by atoms with Gasteiger partial charge in [0.25, 0.3) is 0 Å². The van der Waals surface area contributed by atoms with E-state index in [1.165, 1.54) is 0 Å². The van der Waals surface area contributed by atoms with Crippen LogP contribution < -0.4 is 10.2 Å². The van der Waals surface area contributed by atoms with Crippen molar-refractivity contribution in [3.63, 3.8) is 0 Å². The van der Waals surface area contributed by atoms with Gasteiger partial charge in [-0.1, -0.05) is 29.8 Å². The van der Waals surface area contributed by atoms with Gasteiger partial charge in [0.1, 0.15) is 5.82 Å². The number of carbonyl (C=O) groups excluding carboxylic acids is 1. The highest BCUT2D eigenvalue weighted by atomic mass is 35.5. The fourth-order valence-electron chi connectivity index (χ4n) is 3.79. The van der Waals surface area contributed by atoms with Gasteiger partial charge in [-0.25, -0.2) is 4.98 Å². The fraction of sp³-hybridized carbons (Fsp3) is 0.190. The minimum absolute atomic E-state index is 0.00226. The maximum atomic E-state index is 13.4. The molecule has 6 nitrogen and oxygen atoms in total. The first kappa shape index (κ1) is 18.3. The Balaban J connectivity index is 1.54. The molecule has 8 heteroatoms. The van der Waals surface area contributed by atoms with Crippen LogP contribution in [0.4, 0.5) is 11.5 Å². The van der Waals surface area contributed by atoms with Crippen LogP contribution >= 0.6 is 23.4 Å². The molecule has 5 rings (SSSR count). The Labute approximate surface area is 177 Å². The van der Waals surface area contributed by atoms with E-state index in [2.05, 4.69) is 21.5 Å². The molecule has 3 aromatic rings. The summed E-state index contributed by atoms with van der Waals surface area (Å²) in [7, 11) is 0. The summed E-state index contributed by atoms with van der Waals surface area (Å²) in [6.07, 6.45) is 5.61. The van der Waals surface area contributed by atoms with E-state index in [1.807, 2.05) is 54.8 Å². The second kappa shape index (κ2) is 7.24. The summed E-state index contributed by atoms with van der Waals surface area (Å²) in [5.74, 6) is 0.473. The molecule has 0 radical (unpaired) electrons. The number of nitrogens with zero attached hydrogens (tertiary/aromatic N) is 4. The van der Waals surface area contributed by atoms with E-state index in [-0.39, 0.29) is 23.1 Å². The number of nitrogens with one attached hydrogen (secondary N) is 1. The Hall–Kier alpha value is -2.77. The number of benzene rings is 1. The highest BCUT2D eigenvalue weighted by Gasteiger charge is 2.43. The Bertz CT molecular complexity index is 1140. The molecule has 146 valence electrons. The second-order valence-corrected chi connectivity index (χ2v) is 8.47. The van der Waals surface area contributed by atoms with Crippen LogP contribution in [0.3, 0.4) is 0 Å². The molecule has 1 amide bonds. The zero-order valence-electron chi connectivity index (χ0n) is 15.6. The SMILES string of the molecule is C[C@H](Nc1ccnc2ccnn12)C1=CC2SC=C(Cl)C2C(=O)N1c1ccccc1. The molecule has 3 atom stereocenters. The standard InChI is InChI=1S/C21H18ClN5OS/c1-13(25-19-7-9-23-18-8-10-24-27(18)19)16-11-17-20(15(22)12-29-17)21(28)26(16)14-5-3-2-4-6-14/h2-13,17,20,25H,1H3/t13-,17?,20?/m0/s1. The van der Waals surface area contributed by atoms with Crippen molar-refractivity contribution in [3.05, 3.63) is 77.1 Å². The molecular weight excluding hydrogens is 406 g/mol. The van der Waals surface area contributed by atoms with Crippen LogP contribution in [0.25, 0.3) is 5.65 Å². The molecule has 0 bridgehead atoms. The van der Waals surface area contributed by atoms with Gasteiger partial charge >= 0.3 is 0 Å². The number of para-hydroxylation sites is 1. The first-order chi connectivity index (χ1) is 14.1. The van der Waals surface area contributed by atoms with Gasteiger partial charge in [0, 0.05) is 33.9 Å². The van der Waals surface area contributed by atoms with Gasteiger partial charge in [-0.2, -0.15) is 9.61 Å². The molecule has 2 aliphatic heterocycles. The number of carbonyl (C=O) groups is 1. The lowest BCUT2D eigenvalue weighted by atomic mass is 9.95. The number of rotatable bonds is 4. The second-order valence-electron chi connectivity index (χ2n) is 6.98. The van der Waals surface area contributed by atoms with Crippen molar-refractivity contribution >= 4 is 46.4 Å². The predicted molar refractivity (Wildman–Crippen MR) is 117 cm³/mol. The average Bonchev–Trinajstić information content (AvgIpc) is 3.36. The zero-order valence-corrected chi connectivity index (χ0v) is 17.1. The van der Waals surface area contributed by atoms with E-state index in [4.69, 9.17) is 11.6 Å². The highest BCUT2D eigenvalue weighted by Crippen LogP contribution is 2.45. The van der Waals surface area contributed by atoms with E-state index in [1.54, 1.807) is 33.6 Å². The third-order valence-corrected chi connectivity index (χ3v) is 6.74. The van der Waals surface area contributed by atoms with Crippen molar-refractivity contribution in [2.75, 3.05) is 10.2 Å². The maximum absolute atomic E-state index is 13.4. The Morgan fingerprint density at radius 1 is 1.17 bits per heavy atom. The minimum atomic E-state index is -0.337. The van der Waals surface area contributed by atoms with Crippen LogP contribution in [0.15, 0.2) is 77.1 Å². The molecule has 4 heterocycles. The number of amides is 1. The van der Waals surface area contributed by atoms with Crippen molar-refractivity contribution in [2.45, 2.75) is 18.2 Å². The van der Waals surface area contributed by atoms with Gasteiger partial charge in [0.15, 0.2) is 5.65 Å². The monoisotopic (exact) mass is 423 g/mol. The third-order valence-electron chi connectivity index (χ3n) is 5.16. The Morgan fingerprint density at radius 2 is 2.00 bits per heavy atom. The molecule has 0 saturated heterocycles. The Kier molecular flexibility index (Phi) is 4.56. The molecule has 0 aliphatic carbocycles. The van der Waals surface area contributed by atoms with Crippen molar-refractivity contribution in [1.29, 1.82) is 0 Å². The molecule has 0 spiro atoms. The van der Waals surface area contributed by atoms with Gasteiger partial charge in [0.05, 0.1) is 18.2 Å². The number of hydrogen-bond acceptors (Lipinski definition) is 5. The average molecular weight is 424 g/mol. The first-order valence-corrected chi connectivity index (χ1v) is 10.6. The van der Waals surface area contributed by atoms with E-state index in [9.17, 15) is 4.79 Å². The highest BCUT2D eigenvalue weighted by molar-refractivity contribution is 8.03. The molecule has 29 heavy (non-hydrogen) atoms. The number of anilines is 2. The van der Waals surface area contributed by atoms with Crippen LogP contribution in [0.1, 0.15) is 6.92 Å². The molecule has 0 saturated carbocycles. The van der Waals surface area contributed by atoms with Gasteiger partial charge in [-0.05, 0) is 36.6 Å². The minimum Gasteiger partial charge on any atom is -0.362 e. The number of thioether (sulfide) groups is 1. The summed E-state index contributed by atoms with van der Waals surface area (Å²) in [5, 5.41) is 10.3. The lowest BCUT2D eigenvalue weighted by Crippen LogP contribution is -2.46. The molecule has 1 aromatic carbocycles. The molecule has 1 N–H and O–H groups in total. The quantitative estimate of drug-likeness (QED) is 0.678. The Morgan fingerprint density at radius 3 is 2.83 bits per heavy atom. The van der Waals surface area contributed by atoms with Gasteiger partial charge in [0.2, 0.25) is 5.91 Å². The fourth-order valence-corrected chi connectivity index (χ4v) is 5.32. The van der Waals surface area contributed by atoms with Crippen molar-refractivity contribution in [2.24, 2.45) is 5.92 Å². The van der Waals surface area contributed by atoms with Crippen LogP contribution in [0.5, 0.6) is 0 Å². The normalized spacial score (nSPS) is 22.3.